The average Bonchev–Trinajstić information content (AvgIpc) is 3.49. The Morgan fingerprint density at radius 1 is 0.729 bits per heavy atom. The molecule has 25 heteroatoms. The summed E-state index contributed by atoms with van der Waals surface area (Å²) in [4.78, 5) is 73.7. The number of phenolic OH excluding ortho intramolecular Hbond substituents is 2. The van der Waals surface area contributed by atoms with Crippen LogP contribution in [-0.2, 0) is 16.0 Å². The maximum Gasteiger partial charge on any atom is 0.324 e. The number of aromatic nitrogens is 2. The zero-order valence-electron chi connectivity index (χ0n) is 25.0. The number of imidazole rings is 1. The van der Waals surface area contributed by atoms with Crippen molar-refractivity contribution in [2.24, 2.45) is 0 Å². The van der Waals surface area contributed by atoms with Crippen molar-refractivity contribution in [1.29, 1.82) is 0 Å². The fourth-order valence-electron chi connectivity index (χ4n) is 3.11. The highest BCUT2D eigenvalue weighted by atomic mass is 16.7. The number of nitrogens with zero attached hydrogens (tertiary/aromatic N) is 8. The van der Waals surface area contributed by atoms with Crippen molar-refractivity contribution < 1.29 is 53.8 Å². The van der Waals surface area contributed by atoms with Crippen molar-refractivity contribution in [3.8, 4) is 11.5 Å². The molecule has 0 amide bonds. The molecule has 25 nitrogen and oxygen atoms in total. The quantitative estimate of drug-likeness (QED) is 0.107. The summed E-state index contributed by atoms with van der Waals surface area (Å²) in [6.07, 6.45) is 4.39. The van der Waals surface area contributed by atoms with E-state index in [4.69, 9.17) is 14.9 Å². The molecule has 0 saturated heterocycles. The molecule has 3 N–H and O–H groups in total. The molecule has 0 aliphatic heterocycles. The predicted molar refractivity (Wildman–Crippen MR) is 157 cm³/mol. The first kappa shape index (κ1) is 39.1. The van der Waals surface area contributed by atoms with E-state index in [9.17, 15) is 65.5 Å². The van der Waals surface area contributed by atoms with Gasteiger partial charge in [-0.15, -0.1) is 0 Å². The second kappa shape index (κ2) is 17.0. The number of nitrogens with one attached hydrogen (secondary N) is 1. The molecule has 258 valence electrons. The number of hydrogen-bond donors (Lipinski definition) is 3. The largest absolute Gasteiger partial charge is 0.497 e. The molecule has 3 rings (SSSR count). The van der Waals surface area contributed by atoms with Crippen LogP contribution < -0.4 is 0 Å². The van der Waals surface area contributed by atoms with Gasteiger partial charge >= 0.3 is 28.7 Å². The van der Waals surface area contributed by atoms with Crippen LogP contribution in [0.2, 0.25) is 0 Å². The number of rotatable bonds is 12. The molecule has 2 aromatic carbocycles. The molecule has 0 radical (unpaired) electrons. The minimum Gasteiger partial charge on any atom is -0.497 e. The van der Waals surface area contributed by atoms with Gasteiger partial charge in [0.1, 0.15) is 13.2 Å². The van der Waals surface area contributed by atoms with Gasteiger partial charge in [0.25, 0.3) is 22.9 Å². The Bertz CT molecular complexity index is 1540. The van der Waals surface area contributed by atoms with Crippen molar-refractivity contribution >= 4 is 40.1 Å². The summed E-state index contributed by atoms with van der Waals surface area (Å²) in [5, 5.41) is 80.4. The van der Waals surface area contributed by atoms with Crippen LogP contribution in [-0.4, -0.2) is 94.5 Å². The van der Waals surface area contributed by atoms with Gasteiger partial charge in [0, 0.05) is 11.9 Å². The Morgan fingerprint density at radius 3 is 1.38 bits per heavy atom. The van der Waals surface area contributed by atoms with Gasteiger partial charge in [-0.1, -0.05) is 0 Å². The smallest absolute Gasteiger partial charge is 0.324 e. The predicted octanol–water partition coefficient (Wildman–Crippen LogP) is 2.83. The summed E-state index contributed by atoms with van der Waals surface area (Å²) in [6, 6.07) is 1.79. The number of benzene rings is 2. The summed E-state index contributed by atoms with van der Waals surface area (Å²) in [7, 11) is 6.20. The number of likely N-dealkylation sites (N-methyl/N-ethyl adjacent to an activating group) is 1. The number of ether oxygens (including phenoxy) is 1. The van der Waals surface area contributed by atoms with E-state index in [1.165, 1.54) is 0 Å². The highest BCUT2D eigenvalue weighted by Crippen LogP contribution is 2.40. The third kappa shape index (κ3) is 12.2. The van der Waals surface area contributed by atoms with Crippen LogP contribution in [0.4, 0.5) is 34.1 Å². The first-order valence-corrected chi connectivity index (χ1v) is 12.7. The van der Waals surface area contributed by atoms with E-state index in [1.54, 1.807) is 12.5 Å². The van der Waals surface area contributed by atoms with Crippen LogP contribution >= 0.6 is 0 Å². The van der Waals surface area contributed by atoms with E-state index in [1.807, 2.05) is 0 Å². The number of H-pyrrole nitrogens is 1. The number of quaternary nitrogens is 1. The molecule has 3 aromatic rings. The molecule has 0 fully saturated rings. The number of aryl methyl sites for hydroxylation is 1. The van der Waals surface area contributed by atoms with Gasteiger partial charge in [0.2, 0.25) is 0 Å². The minimum atomic E-state index is -1.21. The van der Waals surface area contributed by atoms with Crippen molar-refractivity contribution in [1.82, 2.24) is 9.97 Å². The summed E-state index contributed by atoms with van der Waals surface area (Å²) in [6.45, 7) is 1.31. The number of phenols is 2. The highest BCUT2D eigenvalue weighted by Gasteiger charge is 2.31. The number of aromatic amines is 1. The van der Waals surface area contributed by atoms with Gasteiger partial charge in [-0.05, 0) is 6.42 Å². The maximum atomic E-state index is 11.4. The lowest BCUT2D eigenvalue weighted by Gasteiger charge is -2.23. The Morgan fingerprint density at radius 2 is 1.10 bits per heavy atom. The number of nitro groups is 6. The van der Waals surface area contributed by atoms with Crippen molar-refractivity contribution in [3.63, 3.8) is 0 Å². The zero-order chi connectivity index (χ0) is 36.9. The third-order valence-electron chi connectivity index (χ3n) is 5.50. The monoisotopic (exact) mass is 684 g/mol. The first-order chi connectivity index (χ1) is 22.2. The van der Waals surface area contributed by atoms with E-state index in [0.717, 1.165) is 16.7 Å². The summed E-state index contributed by atoms with van der Waals surface area (Å²) in [5.41, 5.74) is -5.04. The lowest BCUT2D eigenvalue weighted by atomic mass is 10.2. The van der Waals surface area contributed by atoms with Crippen LogP contribution in [0.5, 0.6) is 11.5 Å². The molecular formula is C23H26N9O16+. The molecule has 0 atom stereocenters. The molecule has 0 aliphatic carbocycles. The van der Waals surface area contributed by atoms with Crippen molar-refractivity contribution in [2.75, 3.05) is 34.3 Å². The van der Waals surface area contributed by atoms with Gasteiger partial charge in [-0.2, -0.15) is 0 Å². The molecule has 0 bridgehead atoms. The summed E-state index contributed by atoms with van der Waals surface area (Å²) < 4.78 is 5.93. The molecule has 0 aliphatic rings. The average molecular weight is 685 g/mol. The van der Waals surface area contributed by atoms with E-state index in [0.29, 0.717) is 43.7 Å². The highest BCUT2D eigenvalue weighted by molar-refractivity contribution is 5.69. The van der Waals surface area contributed by atoms with Crippen LogP contribution in [0.25, 0.3) is 0 Å². The summed E-state index contributed by atoms with van der Waals surface area (Å²) >= 11 is 0. The normalized spacial score (nSPS) is 10.3. The molecule has 1 aromatic heterocycles. The fourth-order valence-corrected chi connectivity index (χ4v) is 3.11. The SMILES string of the molecule is C[N+](C)(C)CCOC(=O)CCc1cnc[nH]1.O=[N+]([O-])c1cc([N+](=O)[O-])c(O)c([N+](=O)[O-])c1.O=[N+]([O-])c1cc([N+](=O)[O-])c(O)c([N+](=O)[O-])c1. The molecular weight excluding hydrogens is 658 g/mol. The fraction of sp³-hybridized carbons (Fsp3) is 0.304. The Labute approximate surface area is 266 Å². The molecule has 48 heavy (non-hydrogen) atoms. The van der Waals surface area contributed by atoms with Gasteiger partial charge < -0.3 is 24.4 Å². The molecule has 1 heterocycles. The van der Waals surface area contributed by atoms with Gasteiger partial charge in [0.15, 0.2) is 0 Å². The Kier molecular flexibility index (Phi) is 13.8. The maximum absolute atomic E-state index is 11.4. The van der Waals surface area contributed by atoms with E-state index >= 15 is 0 Å². The van der Waals surface area contributed by atoms with Gasteiger partial charge in [-0.25, -0.2) is 4.98 Å². The van der Waals surface area contributed by atoms with Gasteiger partial charge in [0.05, 0.1) is 87.7 Å². The molecule has 0 saturated carbocycles. The third-order valence-corrected chi connectivity index (χ3v) is 5.50. The topological polar surface area (TPSA) is 354 Å². The number of hydrogen-bond acceptors (Lipinski definition) is 17. The second-order valence-corrected chi connectivity index (χ2v) is 10.0. The Hall–Kier alpha value is -6.92. The van der Waals surface area contributed by atoms with Crippen LogP contribution in [0.3, 0.4) is 0 Å². The van der Waals surface area contributed by atoms with Gasteiger partial charge in [-0.3, -0.25) is 65.5 Å². The first-order valence-electron chi connectivity index (χ1n) is 12.7. The number of esters is 1. The number of non-ortho nitro benzene ring substituents is 2. The second-order valence-electron chi connectivity index (χ2n) is 10.0. The number of aromatic hydroxyl groups is 2. The number of nitro benzene ring substituents is 6. The van der Waals surface area contributed by atoms with Crippen LogP contribution in [0, 0.1) is 60.7 Å². The molecule has 0 unspecified atom stereocenters. The van der Waals surface area contributed by atoms with Crippen molar-refractivity contribution in [3.05, 3.63) is 103 Å². The summed E-state index contributed by atoms with van der Waals surface area (Å²) in [5.74, 6) is -2.57. The van der Waals surface area contributed by atoms with Crippen LogP contribution in [0.15, 0.2) is 36.8 Å². The number of carbonyl (C=O) groups excluding carboxylic acids is 1. The number of carbonyl (C=O) groups is 1. The Balaban J connectivity index is 0.000000360. The molecule has 0 spiro atoms. The standard InChI is InChI=1S/C11H20N3O2.2C6H3N3O7/c1-14(2,3)6-7-16-11(15)5-4-10-8-12-9-13-10;2*10-6-4(8(13)14)1-3(7(11)12)2-5(6)9(15)16/h8-9H,4-7H2,1-3H3,(H,12,13);2*1-2,10H/q+1;;. The van der Waals surface area contributed by atoms with Crippen LogP contribution in [0.1, 0.15) is 12.1 Å². The lowest BCUT2D eigenvalue weighted by Crippen LogP contribution is -2.38. The lowest BCUT2D eigenvalue weighted by molar-refractivity contribution is -0.870. The van der Waals surface area contributed by atoms with E-state index in [2.05, 4.69) is 31.1 Å². The van der Waals surface area contributed by atoms with E-state index < -0.39 is 75.2 Å². The minimum absolute atomic E-state index is 0.150. The van der Waals surface area contributed by atoms with E-state index in [-0.39, 0.29) is 5.97 Å². The zero-order valence-corrected chi connectivity index (χ0v) is 25.0. The van der Waals surface area contributed by atoms with Crippen molar-refractivity contribution in [2.45, 2.75) is 12.8 Å².